The number of phenols is 1. The Morgan fingerprint density at radius 1 is 1.08 bits per heavy atom. The average molecular weight is 342 g/mol. The highest BCUT2D eigenvalue weighted by atomic mass is 16.5. The minimum Gasteiger partial charge on any atom is -0.502 e. The lowest BCUT2D eigenvalue weighted by molar-refractivity contribution is 0.0837. The Bertz CT molecular complexity index is 799. The van der Waals surface area contributed by atoms with Crippen LogP contribution in [0.3, 0.4) is 0 Å². The monoisotopic (exact) mass is 342 g/mol. The van der Waals surface area contributed by atoms with Crippen molar-refractivity contribution >= 4 is 0 Å². The topological polar surface area (TPSA) is 57.2 Å². The van der Waals surface area contributed by atoms with Crippen LogP contribution < -0.4 is 18.9 Å². The molecule has 1 heterocycles. The standard InChI is InChI=1S/C20H22O5/c1-22-13-8-6-12(7-9-13)20-10-4-5-14(20)17-15(25-20)11-16(23-2)18(21)19(17)24-3/h6-9,11,14,21H,4-5,10H2,1-3H3/t14-,20+/m1/s1. The zero-order valence-electron chi connectivity index (χ0n) is 14.7. The highest BCUT2D eigenvalue weighted by Crippen LogP contribution is 2.63. The van der Waals surface area contributed by atoms with Gasteiger partial charge in [0.25, 0.3) is 0 Å². The van der Waals surface area contributed by atoms with E-state index in [1.54, 1.807) is 20.3 Å². The van der Waals surface area contributed by atoms with Crippen LogP contribution in [-0.4, -0.2) is 26.4 Å². The number of methoxy groups -OCH3 is 3. The third kappa shape index (κ3) is 2.15. The van der Waals surface area contributed by atoms with Crippen molar-refractivity contribution in [1.29, 1.82) is 0 Å². The third-order valence-corrected chi connectivity index (χ3v) is 5.47. The first-order valence-electron chi connectivity index (χ1n) is 8.46. The Morgan fingerprint density at radius 3 is 2.48 bits per heavy atom. The number of fused-ring (bicyclic) bond motifs is 3. The first-order valence-corrected chi connectivity index (χ1v) is 8.46. The molecule has 1 aliphatic heterocycles. The van der Waals surface area contributed by atoms with E-state index in [-0.39, 0.29) is 11.7 Å². The van der Waals surface area contributed by atoms with Crippen LogP contribution in [0.5, 0.6) is 28.7 Å². The zero-order chi connectivity index (χ0) is 17.6. The van der Waals surface area contributed by atoms with Gasteiger partial charge in [-0.05, 0) is 37.0 Å². The average Bonchev–Trinajstić information content (AvgIpc) is 3.19. The summed E-state index contributed by atoms with van der Waals surface area (Å²) in [5, 5.41) is 10.5. The van der Waals surface area contributed by atoms with Crippen molar-refractivity contribution in [2.45, 2.75) is 30.8 Å². The van der Waals surface area contributed by atoms with Gasteiger partial charge in [0.05, 0.1) is 21.3 Å². The lowest BCUT2D eigenvalue weighted by atomic mass is 9.81. The summed E-state index contributed by atoms with van der Waals surface area (Å²) in [5.41, 5.74) is 1.63. The molecule has 1 fully saturated rings. The molecule has 5 heteroatoms. The molecule has 2 aromatic carbocycles. The van der Waals surface area contributed by atoms with Crippen molar-refractivity contribution < 1.29 is 24.1 Å². The van der Waals surface area contributed by atoms with Crippen molar-refractivity contribution in [3.8, 4) is 28.7 Å². The number of aromatic hydroxyl groups is 1. The molecule has 0 saturated heterocycles. The van der Waals surface area contributed by atoms with Crippen LogP contribution >= 0.6 is 0 Å². The van der Waals surface area contributed by atoms with Gasteiger partial charge in [0.15, 0.2) is 11.5 Å². The molecule has 1 saturated carbocycles. The molecule has 132 valence electrons. The van der Waals surface area contributed by atoms with Crippen molar-refractivity contribution in [2.75, 3.05) is 21.3 Å². The first-order chi connectivity index (χ1) is 12.1. The Labute approximate surface area is 147 Å². The van der Waals surface area contributed by atoms with Crippen LogP contribution in [0.15, 0.2) is 30.3 Å². The molecule has 2 aliphatic rings. The van der Waals surface area contributed by atoms with E-state index in [4.69, 9.17) is 18.9 Å². The van der Waals surface area contributed by atoms with Gasteiger partial charge >= 0.3 is 0 Å². The van der Waals surface area contributed by atoms with Gasteiger partial charge in [-0.25, -0.2) is 0 Å². The maximum absolute atomic E-state index is 10.5. The summed E-state index contributed by atoms with van der Waals surface area (Å²) >= 11 is 0. The van der Waals surface area contributed by atoms with Crippen LogP contribution in [0, 0.1) is 0 Å². The van der Waals surface area contributed by atoms with Gasteiger partial charge in [-0.15, -0.1) is 0 Å². The Hall–Kier alpha value is -2.56. The van der Waals surface area contributed by atoms with E-state index >= 15 is 0 Å². The highest BCUT2D eigenvalue weighted by molar-refractivity contribution is 5.65. The third-order valence-electron chi connectivity index (χ3n) is 5.47. The fourth-order valence-electron chi connectivity index (χ4n) is 4.34. The second kappa shape index (κ2) is 5.76. The summed E-state index contributed by atoms with van der Waals surface area (Å²) in [7, 11) is 4.75. The molecule has 0 amide bonds. The fraction of sp³-hybridized carbons (Fsp3) is 0.400. The normalized spacial score (nSPS) is 23.6. The molecular weight excluding hydrogens is 320 g/mol. The van der Waals surface area contributed by atoms with Gasteiger partial charge < -0.3 is 24.1 Å². The smallest absolute Gasteiger partial charge is 0.201 e. The van der Waals surface area contributed by atoms with Crippen LogP contribution in [0.2, 0.25) is 0 Å². The highest BCUT2D eigenvalue weighted by Gasteiger charge is 2.54. The number of hydrogen-bond donors (Lipinski definition) is 1. The van der Waals surface area contributed by atoms with Crippen LogP contribution in [0.4, 0.5) is 0 Å². The summed E-state index contributed by atoms with van der Waals surface area (Å²) < 4.78 is 22.6. The van der Waals surface area contributed by atoms with E-state index in [1.807, 2.05) is 12.1 Å². The van der Waals surface area contributed by atoms with Crippen LogP contribution in [0.1, 0.15) is 36.3 Å². The molecule has 4 rings (SSSR count). The molecule has 5 nitrogen and oxygen atoms in total. The quantitative estimate of drug-likeness (QED) is 0.911. The summed E-state index contributed by atoms with van der Waals surface area (Å²) in [4.78, 5) is 0. The lowest BCUT2D eigenvalue weighted by Crippen LogP contribution is -2.30. The Balaban J connectivity index is 1.85. The fourth-order valence-corrected chi connectivity index (χ4v) is 4.34. The maximum atomic E-state index is 10.5. The van der Waals surface area contributed by atoms with Crippen LogP contribution in [-0.2, 0) is 5.60 Å². The van der Waals surface area contributed by atoms with Crippen LogP contribution in [0.25, 0.3) is 0 Å². The Kier molecular flexibility index (Phi) is 3.67. The van der Waals surface area contributed by atoms with Gasteiger partial charge in [-0.1, -0.05) is 12.1 Å². The van der Waals surface area contributed by atoms with E-state index < -0.39 is 5.60 Å². The van der Waals surface area contributed by atoms with E-state index in [1.165, 1.54) is 7.11 Å². The van der Waals surface area contributed by atoms with E-state index in [2.05, 4.69) is 12.1 Å². The van der Waals surface area contributed by atoms with Crippen molar-refractivity contribution in [1.82, 2.24) is 0 Å². The summed E-state index contributed by atoms with van der Waals surface area (Å²) in [5.74, 6) is 2.54. The molecule has 1 N–H and O–H groups in total. The predicted octanol–water partition coefficient (Wildman–Crippen LogP) is 3.97. The second-order valence-electron chi connectivity index (χ2n) is 6.54. The molecule has 1 aliphatic carbocycles. The molecule has 0 radical (unpaired) electrons. The van der Waals surface area contributed by atoms with E-state index in [0.29, 0.717) is 11.5 Å². The van der Waals surface area contributed by atoms with Gasteiger partial charge in [0, 0.05) is 17.5 Å². The van der Waals surface area contributed by atoms with E-state index in [9.17, 15) is 5.11 Å². The number of hydrogen-bond acceptors (Lipinski definition) is 5. The number of ether oxygens (including phenoxy) is 4. The van der Waals surface area contributed by atoms with Gasteiger partial charge in [-0.2, -0.15) is 0 Å². The van der Waals surface area contributed by atoms with Crippen molar-refractivity contribution in [3.05, 3.63) is 41.5 Å². The summed E-state index contributed by atoms with van der Waals surface area (Å²) in [6.45, 7) is 0. The van der Waals surface area contributed by atoms with Gasteiger partial charge in [-0.3, -0.25) is 0 Å². The number of benzene rings is 2. The van der Waals surface area contributed by atoms with Crippen molar-refractivity contribution in [3.63, 3.8) is 0 Å². The molecular formula is C20H22O5. The van der Waals surface area contributed by atoms with Crippen molar-refractivity contribution in [2.24, 2.45) is 0 Å². The molecule has 0 spiro atoms. The van der Waals surface area contributed by atoms with Gasteiger partial charge in [0.2, 0.25) is 5.75 Å². The summed E-state index contributed by atoms with van der Waals surface area (Å²) in [6, 6.07) is 9.80. The predicted molar refractivity (Wildman–Crippen MR) is 93.1 cm³/mol. The molecule has 25 heavy (non-hydrogen) atoms. The second-order valence-corrected chi connectivity index (χ2v) is 6.54. The molecule has 2 atom stereocenters. The minimum absolute atomic E-state index is 0.0322. The summed E-state index contributed by atoms with van der Waals surface area (Å²) in [6.07, 6.45) is 2.97. The minimum atomic E-state index is -0.430. The SMILES string of the molecule is COc1ccc([C@@]23CCC[C@@H]2c2c(cc(OC)c(O)c2OC)O3)cc1. The Morgan fingerprint density at radius 2 is 1.84 bits per heavy atom. The van der Waals surface area contributed by atoms with Gasteiger partial charge in [0.1, 0.15) is 17.1 Å². The zero-order valence-corrected chi connectivity index (χ0v) is 14.7. The van der Waals surface area contributed by atoms with E-state index in [0.717, 1.165) is 41.9 Å². The number of rotatable bonds is 4. The molecule has 2 aromatic rings. The first kappa shape index (κ1) is 15.9. The largest absolute Gasteiger partial charge is 0.502 e. The molecule has 0 unspecified atom stereocenters. The lowest BCUT2D eigenvalue weighted by Gasteiger charge is -2.29. The number of phenolic OH excluding ortho intramolecular Hbond substituents is 1. The molecule has 0 aromatic heterocycles. The maximum Gasteiger partial charge on any atom is 0.201 e. The molecule has 0 bridgehead atoms.